The third-order valence-electron chi connectivity index (χ3n) is 2.88. The van der Waals surface area contributed by atoms with Crippen molar-refractivity contribution in [3.8, 4) is 0 Å². The van der Waals surface area contributed by atoms with Crippen LogP contribution in [-0.2, 0) is 17.9 Å². The van der Waals surface area contributed by atoms with Crippen molar-refractivity contribution in [3.63, 3.8) is 0 Å². The number of anilines is 1. The molecule has 0 saturated heterocycles. The molecule has 3 nitrogen and oxygen atoms in total. The summed E-state index contributed by atoms with van der Waals surface area (Å²) in [6.07, 6.45) is 0.841. The molecule has 0 unspecified atom stereocenters. The summed E-state index contributed by atoms with van der Waals surface area (Å²) in [6.45, 7) is 3.02. The van der Waals surface area contributed by atoms with Crippen molar-refractivity contribution >= 4 is 28.9 Å². The molecule has 94 valence electrons. The number of aromatic nitrogens is 2. The molecule has 2 aromatic rings. The highest BCUT2D eigenvalue weighted by Crippen LogP contribution is 2.33. The van der Waals surface area contributed by atoms with Crippen LogP contribution in [0.15, 0.2) is 17.5 Å². The molecule has 2 aromatic heterocycles. The topological polar surface area (TPSA) is 37.8 Å². The minimum atomic E-state index is 0.841. The summed E-state index contributed by atoms with van der Waals surface area (Å²) in [5.41, 5.74) is 2.52. The monoisotopic (exact) mass is 277 g/mol. The molecule has 1 aliphatic heterocycles. The zero-order valence-electron chi connectivity index (χ0n) is 10.3. The first-order chi connectivity index (χ1) is 8.86. The number of hydrogen-bond donors (Lipinski definition) is 1. The van der Waals surface area contributed by atoms with Gasteiger partial charge in [0, 0.05) is 34.9 Å². The summed E-state index contributed by atoms with van der Waals surface area (Å²) < 4.78 is 0. The molecular weight excluding hydrogens is 262 g/mol. The largest absolute Gasteiger partial charge is 0.370 e. The molecule has 0 amide bonds. The van der Waals surface area contributed by atoms with Gasteiger partial charge in [0.1, 0.15) is 11.6 Å². The summed E-state index contributed by atoms with van der Waals surface area (Å²) in [5, 5.41) is 5.47. The lowest BCUT2D eigenvalue weighted by Crippen LogP contribution is -2.08. The van der Waals surface area contributed by atoms with E-state index >= 15 is 0 Å². The molecule has 0 fully saturated rings. The van der Waals surface area contributed by atoms with Gasteiger partial charge >= 0.3 is 0 Å². The minimum absolute atomic E-state index is 0.841. The molecule has 0 bridgehead atoms. The molecule has 0 atom stereocenters. The van der Waals surface area contributed by atoms with Crippen molar-refractivity contribution < 1.29 is 0 Å². The molecular formula is C13H15N3S2. The first-order valence-corrected chi connectivity index (χ1v) is 8.13. The van der Waals surface area contributed by atoms with Crippen molar-refractivity contribution in [2.24, 2.45) is 0 Å². The van der Waals surface area contributed by atoms with E-state index in [1.807, 2.05) is 11.8 Å². The van der Waals surface area contributed by atoms with Crippen LogP contribution in [0.25, 0.3) is 0 Å². The predicted molar refractivity (Wildman–Crippen MR) is 78.3 cm³/mol. The maximum atomic E-state index is 4.71. The van der Waals surface area contributed by atoms with Gasteiger partial charge in [-0.2, -0.15) is 11.8 Å². The number of nitrogens with zero attached hydrogens (tertiary/aromatic N) is 2. The Morgan fingerprint density at radius 3 is 3.06 bits per heavy atom. The van der Waals surface area contributed by atoms with E-state index in [0.717, 1.165) is 36.1 Å². The molecule has 1 aliphatic rings. The first kappa shape index (κ1) is 12.0. The number of hydrogen-bond acceptors (Lipinski definition) is 5. The van der Waals surface area contributed by atoms with Gasteiger partial charge in [-0.3, -0.25) is 0 Å². The van der Waals surface area contributed by atoms with Gasteiger partial charge in [-0.05, 0) is 18.4 Å². The standard InChI is InChI=1S/C13H15N3S2/c1-2-14-13-10-7-17-8-11(10)15-12(16-13)6-9-4-3-5-18-9/h3-5H,2,6-8H2,1H3,(H,14,15,16). The van der Waals surface area contributed by atoms with Gasteiger partial charge in [0.25, 0.3) is 0 Å². The highest BCUT2D eigenvalue weighted by molar-refractivity contribution is 7.98. The van der Waals surface area contributed by atoms with Crippen LogP contribution in [0.5, 0.6) is 0 Å². The van der Waals surface area contributed by atoms with Crippen molar-refractivity contribution in [2.45, 2.75) is 24.9 Å². The Bertz CT molecular complexity index is 537. The summed E-state index contributed by atoms with van der Waals surface area (Å²) >= 11 is 3.68. The van der Waals surface area contributed by atoms with Crippen molar-refractivity contribution in [1.82, 2.24) is 9.97 Å². The second kappa shape index (κ2) is 5.28. The van der Waals surface area contributed by atoms with Crippen LogP contribution < -0.4 is 5.32 Å². The highest BCUT2D eigenvalue weighted by atomic mass is 32.2. The Morgan fingerprint density at radius 1 is 1.33 bits per heavy atom. The van der Waals surface area contributed by atoms with Crippen LogP contribution in [0.3, 0.4) is 0 Å². The van der Waals surface area contributed by atoms with E-state index in [-0.39, 0.29) is 0 Å². The molecule has 18 heavy (non-hydrogen) atoms. The lowest BCUT2D eigenvalue weighted by atomic mass is 10.2. The molecule has 0 radical (unpaired) electrons. The average molecular weight is 277 g/mol. The summed E-state index contributed by atoms with van der Waals surface area (Å²) in [7, 11) is 0. The smallest absolute Gasteiger partial charge is 0.136 e. The third kappa shape index (κ3) is 2.37. The summed E-state index contributed by atoms with van der Waals surface area (Å²) in [4.78, 5) is 10.7. The van der Waals surface area contributed by atoms with Crippen molar-refractivity contribution in [1.29, 1.82) is 0 Å². The Kier molecular flexibility index (Phi) is 3.52. The quantitative estimate of drug-likeness (QED) is 0.930. The zero-order valence-corrected chi connectivity index (χ0v) is 11.9. The van der Waals surface area contributed by atoms with Gasteiger partial charge in [0.2, 0.25) is 0 Å². The normalized spacial score (nSPS) is 13.6. The molecule has 5 heteroatoms. The molecule has 0 saturated carbocycles. The van der Waals surface area contributed by atoms with Gasteiger partial charge in [-0.15, -0.1) is 11.3 Å². The van der Waals surface area contributed by atoms with E-state index in [1.54, 1.807) is 11.3 Å². The van der Waals surface area contributed by atoms with E-state index in [1.165, 1.54) is 16.1 Å². The lowest BCUT2D eigenvalue weighted by molar-refractivity contribution is 0.931. The molecule has 3 rings (SSSR count). The molecule has 1 N–H and O–H groups in total. The van der Waals surface area contributed by atoms with E-state index in [2.05, 4.69) is 34.7 Å². The minimum Gasteiger partial charge on any atom is -0.370 e. The number of fused-ring (bicyclic) bond motifs is 1. The van der Waals surface area contributed by atoms with E-state index in [9.17, 15) is 0 Å². The Hall–Kier alpha value is -1.07. The van der Waals surface area contributed by atoms with Gasteiger partial charge in [-0.25, -0.2) is 9.97 Å². The van der Waals surface area contributed by atoms with Crippen LogP contribution in [-0.4, -0.2) is 16.5 Å². The van der Waals surface area contributed by atoms with Crippen molar-refractivity contribution in [3.05, 3.63) is 39.5 Å². The highest BCUT2D eigenvalue weighted by Gasteiger charge is 2.19. The second-order valence-electron chi connectivity index (χ2n) is 4.19. The zero-order chi connectivity index (χ0) is 12.4. The van der Waals surface area contributed by atoms with Crippen LogP contribution in [0.4, 0.5) is 5.82 Å². The number of rotatable bonds is 4. The Morgan fingerprint density at radius 2 is 2.28 bits per heavy atom. The third-order valence-corrected chi connectivity index (χ3v) is 4.73. The molecule has 3 heterocycles. The fourth-order valence-electron chi connectivity index (χ4n) is 2.06. The van der Waals surface area contributed by atoms with Gasteiger partial charge in [-0.1, -0.05) is 6.07 Å². The van der Waals surface area contributed by atoms with Crippen LogP contribution >= 0.6 is 23.1 Å². The van der Waals surface area contributed by atoms with Crippen molar-refractivity contribution in [2.75, 3.05) is 11.9 Å². The van der Waals surface area contributed by atoms with Crippen LogP contribution in [0.1, 0.15) is 28.9 Å². The maximum absolute atomic E-state index is 4.71. The van der Waals surface area contributed by atoms with E-state index in [0.29, 0.717) is 0 Å². The van der Waals surface area contributed by atoms with E-state index < -0.39 is 0 Å². The Balaban J connectivity index is 1.93. The fourth-order valence-corrected chi connectivity index (χ4v) is 3.81. The number of nitrogens with one attached hydrogen (secondary N) is 1. The molecule has 0 spiro atoms. The van der Waals surface area contributed by atoms with Crippen LogP contribution in [0, 0.1) is 0 Å². The van der Waals surface area contributed by atoms with Gasteiger partial charge in [0.15, 0.2) is 0 Å². The molecule has 0 aliphatic carbocycles. The SMILES string of the molecule is CCNc1nc(Cc2cccs2)nc2c1CSC2. The summed E-state index contributed by atoms with van der Waals surface area (Å²) in [6, 6.07) is 4.22. The van der Waals surface area contributed by atoms with Gasteiger partial charge in [0.05, 0.1) is 5.69 Å². The molecule has 0 aromatic carbocycles. The average Bonchev–Trinajstić information content (AvgIpc) is 3.00. The summed E-state index contributed by atoms with van der Waals surface area (Å²) in [5.74, 6) is 4.04. The maximum Gasteiger partial charge on any atom is 0.136 e. The van der Waals surface area contributed by atoms with Gasteiger partial charge < -0.3 is 5.32 Å². The number of thiophene rings is 1. The number of thioether (sulfide) groups is 1. The fraction of sp³-hybridized carbons (Fsp3) is 0.385. The second-order valence-corrected chi connectivity index (χ2v) is 6.21. The first-order valence-electron chi connectivity index (χ1n) is 6.09. The predicted octanol–water partition coefficient (Wildman–Crippen LogP) is 3.31. The van der Waals surface area contributed by atoms with E-state index in [4.69, 9.17) is 4.98 Å². The lowest BCUT2D eigenvalue weighted by Gasteiger charge is -2.10. The van der Waals surface area contributed by atoms with Crippen LogP contribution in [0.2, 0.25) is 0 Å². The Labute approximate surface area is 115 Å².